The Morgan fingerprint density at radius 1 is 1.30 bits per heavy atom. The van der Waals surface area contributed by atoms with E-state index >= 15 is 0 Å². The monoisotopic (exact) mass is 377 g/mol. The summed E-state index contributed by atoms with van der Waals surface area (Å²) in [5.74, 6) is 3.15. The number of guanidine groups is 1. The minimum absolute atomic E-state index is 0.460. The molecular formula is C19H35N7O. The Kier molecular flexibility index (Phi) is 8.74. The van der Waals surface area contributed by atoms with Crippen molar-refractivity contribution in [1.29, 1.82) is 0 Å². The highest BCUT2D eigenvalue weighted by Crippen LogP contribution is 2.13. The number of hydrogen-bond donors (Lipinski definition) is 2. The number of rotatable bonds is 9. The van der Waals surface area contributed by atoms with Crippen molar-refractivity contribution < 1.29 is 4.74 Å². The lowest BCUT2D eigenvalue weighted by Gasteiger charge is -2.35. The fraction of sp³-hybridized carbons (Fsp3) is 0.737. The van der Waals surface area contributed by atoms with Gasteiger partial charge in [0.2, 0.25) is 0 Å². The van der Waals surface area contributed by atoms with Crippen LogP contribution in [0.25, 0.3) is 0 Å². The maximum atomic E-state index is 5.51. The van der Waals surface area contributed by atoms with Crippen LogP contribution in [0.4, 0.5) is 0 Å². The van der Waals surface area contributed by atoms with Gasteiger partial charge in [-0.3, -0.25) is 4.90 Å². The molecule has 1 aliphatic heterocycles. The average molecular weight is 378 g/mol. The van der Waals surface area contributed by atoms with Gasteiger partial charge in [0.15, 0.2) is 11.8 Å². The largest absolute Gasteiger partial charge is 0.379 e. The zero-order valence-corrected chi connectivity index (χ0v) is 17.2. The van der Waals surface area contributed by atoms with Crippen LogP contribution in [0.3, 0.4) is 0 Å². The third-order valence-electron chi connectivity index (χ3n) is 4.79. The summed E-state index contributed by atoms with van der Waals surface area (Å²) >= 11 is 0. The predicted molar refractivity (Wildman–Crippen MR) is 109 cm³/mol. The van der Waals surface area contributed by atoms with Crippen LogP contribution in [0.1, 0.15) is 31.9 Å². The van der Waals surface area contributed by atoms with E-state index in [2.05, 4.69) is 51.1 Å². The molecule has 0 saturated carbocycles. The molecule has 2 rings (SSSR count). The van der Waals surface area contributed by atoms with Crippen molar-refractivity contribution in [2.45, 2.75) is 39.8 Å². The summed E-state index contributed by atoms with van der Waals surface area (Å²) in [4.78, 5) is 7.20. The maximum Gasteiger partial charge on any atom is 0.192 e. The van der Waals surface area contributed by atoms with Crippen molar-refractivity contribution >= 4 is 5.96 Å². The first-order chi connectivity index (χ1) is 13.0. The van der Waals surface area contributed by atoms with Gasteiger partial charge in [-0.25, -0.2) is 4.99 Å². The van der Waals surface area contributed by atoms with E-state index in [4.69, 9.17) is 4.74 Å². The molecule has 0 bridgehead atoms. The molecule has 2 N–H and O–H groups in total. The van der Waals surface area contributed by atoms with Gasteiger partial charge >= 0.3 is 0 Å². The molecule has 1 saturated heterocycles. The van der Waals surface area contributed by atoms with Gasteiger partial charge in [0.25, 0.3) is 0 Å². The summed E-state index contributed by atoms with van der Waals surface area (Å²) in [6.07, 6.45) is 2.97. The van der Waals surface area contributed by atoms with Crippen molar-refractivity contribution in [3.8, 4) is 0 Å². The van der Waals surface area contributed by atoms with E-state index in [0.29, 0.717) is 25.0 Å². The molecule has 0 radical (unpaired) electrons. The fourth-order valence-electron chi connectivity index (χ4n) is 3.14. The molecule has 1 aromatic heterocycles. The van der Waals surface area contributed by atoms with Gasteiger partial charge in [-0.2, -0.15) is 0 Å². The van der Waals surface area contributed by atoms with Gasteiger partial charge < -0.3 is 19.9 Å². The zero-order valence-electron chi connectivity index (χ0n) is 17.2. The summed E-state index contributed by atoms with van der Waals surface area (Å²) < 4.78 is 7.47. The van der Waals surface area contributed by atoms with Gasteiger partial charge in [0.1, 0.15) is 12.4 Å². The number of nitrogens with one attached hydrogen (secondary N) is 2. The number of ether oxygens (including phenoxy) is 1. The van der Waals surface area contributed by atoms with Gasteiger partial charge in [0, 0.05) is 39.3 Å². The zero-order chi connectivity index (χ0) is 19.6. The molecule has 2 heterocycles. The number of hydrogen-bond acceptors (Lipinski definition) is 5. The van der Waals surface area contributed by atoms with E-state index in [1.54, 1.807) is 0 Å². The molecule has 0 spiro atoms. The molecule has 0 aliphatic carbocycles. The van der Waals surface area contributed by atoms with E-state index in [1.165, 1.54) is 0 Å². The number of nitrogens with zero attached hydrogens (tertiary/aromatic N) is 5. The quantitative estimate of drug-likeness (QED) is 0.381. The topological polar surface area (TPSA) is 79.6 Å². The second-order valence-electron chi connectivity index (χ2n) is 7.37. The minimum atomic E-state index is 0.460. The number of aryl methyl sites for hydroxylation is 1. The lowest BCUT2D eigenvalue weighted by Crippen LogP contribution is -2.51. The molecule has 1 atom stereocenters. The van der Waals surface area contributed by atoms with Crippen molar-refractivity contribution in [1.82, 2.24) is 30.3 Å². The summed E-state index contributed by atoms with van der Waals surface area (Å²) in [5, 5.41) is 15.1. The molecule has 0 amide bonds. The smallest absolute Gasteiger partial charge is 0.192 e. The molecule has 27 heavy (non-hydrogen) atoms. The van der Waals surface area contributed by atoms with E-state index < -0.39 is 0 Å². The molecule has 152 valence electrons. The molecule has 1 aromatic rings. The highest BCUT2D eigenvalue weighted by Gasteiger charge is 2.22. The van der Waals surface area contributed by atoms with Crippen molar-refractivity contribution in [3.05, 3.63) is 24.3 Å². The Bertz CT molecular complexity index is 605. The van der Waals surface area contributed by atoms with Crippen LogP contribution in [0.15, 0.2) is 17.6 Å². The highest BCUT2D eigenvalue weighted by atomic mass is 16.5. The Balaban J connectivity index is 2.00. The lowest BCUT2D eigenvalue weighted by molar-refractivity contribution is 0.0132. The third-order valence-corrected chi connectivity index (χ3v) is 4.79. The Labute approximate surface area is 163 Å². The number of morpholine rings is 1. The molecular weight excluding hydrogens is 342 g/mol. The Hall–Kier alpha value is -1.93. The molecule has 1 unspecified atom stereocenters. The van der Waals surface area contributed by atoms with Crippen molar-refractivity contribution in [2.24, 2.45) is 18.0 Å². The van der Waals surface area contributed by atoms with Crippen LogP contribution in [-0.4, -0.2) is 71.1 Å². The average Bonchev–Trinajstić information content (AvgIpc) is 2.98. The number of aromatic nitrogens is 3. The van der Waals surface area contributed by atoms with E-state index in [-0.39, 0.29) is 0 Å². The highest BCUT2D eigenvalue weighted by molar-refractivity contribution is 5.79. The summed E-state index contributed by atoms with van der Waals surface area (Å²) in [7, 11) is 1.96. The van der Waals surface area contributed by atoms with Gasteiger partial charge in [-0.1, -0.05) is 19.9 Å². The third kappa shape index (κ3) is 6.95. The molecule has 1 fully saturated rings. The Morgan fingerprint density at radius 2 is 2.04 bits per heavy atom. The van der Waals surface area contributed by atoms with Gasteiger partial charge in [0.05, 0.1) is 13.2 Å². The predicted octanol–water partition coefficient (Wildman–Crippen LogP) is 1.09. The second kappa shape index (κ2) is 11.0. The summed E-state index contributed by atoms with van der Waals surface area (Å²) in [6.45, 7) is 15.9. The second-order valence-corrected chi connectivity index (χ2v) is 7.37. The summed E-state index contributed by atoms with van der Waals surface area (Å²) in [5.41, 5.74) is 0. The van der Waals surface area contributed by atoms with Crippen LogP contribution in [-0.2, 0) is 18.3 Å². The first-order valence-corrected chi connectivity index (χ1v) is 9.81. The summed E-state index contributed by atoms with van der Waals surface area (Å²) in [6, 6.07) is 0.460. The normalized spacial score (nSPS) is 17.1. The SMILES string of the molecule is C=CCNC(=NCc1nnc(C)n1C)NCC(CC(C)C)N1CCOCC1. The van der Waals surface area contributed by atoms with E-state index in [0.717, 1.165) is 56.9 Å². The Morgan fingerprint density at radius 3 is 2.63 bits per heavy atom. The van der Waals surface area contributed by atoms with E-state index in [1.807, 2.05) is 24.6 Å². The van der Waals surface area contributed by atoms with Crippen LogP contribution < -0.4 is 10.6 Å². The minimum Gasteiger partial charge on any atom is -0.379 e. The first kappa shape index (κ1) is 21.4. The first-order valence-electron chi connectivity index (χ1n) is 9.81. The van der Waals surface area contributed by atoms with Crippen molar-refractivity contribution in [3.63, 3.8) is 0 Å². The molecule has 1 aliphatic rings. The van der Waals surface area contributed by atoms with Crippen LogP contribution in [0, 0.1) is 12.8 Å². The molecule has 0 aromatic carbocycles. The van der Waals surface area contributed by atoms with Crippen molar-refractivity contribution in [2.75, 3.05) is 39.4 Å². The standard InChI is InChI=1S/C19H35N7O/c1-6-7-20-19(22-14-18-24-23-16(4)25(18)5)21-13-17(12-15(2)3)26-8-10-27-11-9-26/h6,15,17H,1,7-14H2,2-5H3,(H2,20,21,22). The van der Waals surface area contributed by atoms with Crippen LogP contribution >= 0.6 is 0 Å². The molecule has 8 nitrogen and oxygen atoms in total. The fourth-order valence-corrected chi connectivity index (χ4v) is 3.14. The lowest BCUT2D eigenvalue weighted by atomic mass is 10.0. The van der Waals surface area contributed by atoms with E-state index in [9.17, 15) is 0 Å². The van der Waals surface area contributed by atoms with Crippen LogP contribution in [0.5, 0.6) is 0 Å². The van der Waals surface area contributed by atoms with Gasteiger partial charge in [-0.05, 0) is 19.3 Å². The molecule has 8 heteroatoms. The van der Waals surface area contributed by atoms with Gasteiger partial charge in [-0.15, -0.1) is 16.8 Å². The number of aliphatic imine (C=N–C) groups is 1. The maximum absolute atomic E-state index is 5.51. The van der Waals surface area contributed by atoms with Crippen LogP contribution in [0.2, 0.25) is 0 Å².